The van der Waals surface area contributed by atoms with Crippen LogP contribution in [0, 0.1) is 5.82 Å². The van der Waals surface area contributed by atoms with E-state index in [1.165, 1.54) is 12.1 Å². The van der Waals surface area contributed by atoms with E-state index in [1.807, 2.05) is 29.8 Å². The van der Waals surface area contributed by atoms with E-state index in [9.17, 15) is 9.18 Å². The number of nitrogens with one attached hydrogen (secondary N) is 1. The van der Waals surface area contributed by atoms with Gasteiger partial charge in [0.2, 0.25) is 5.91 Å². The molecule has 30 heavy (non-hydrogen) atoms. The van der Waals surface area contributed by atoms with Gasteiger partial charge in [-0.2, -0.15) is 5.10 Å². The molecule has 6 nitrogen and oxygen atoms in total. The summed E-state index contributed by atoms with van der Waals surface area (Å²) in [5.74, 6) is -0.230. The van der Waals surface area contributed by atoms with E-state index in [1.54, 1.807) is 24.5 Å². The van der Waals surface area contributed by atoms with Crippen LogP contribution in [0.1, 0.15) is 19.8 Å². The molecule has 1 atom stereocenters. The van der Waals surface area contributed by atoms with Crippen LogP contribution in [0.25, 0.3) is 22.5 Å². The maximum Gasteiger partial charge on any atom is 0.237 e. The fourth-order valence-corrected chi connectivity index (χ4v) is 3.82. The Morgan fingerprint density at radius 3 is 2.63 bits per heavy atom. The van der Waals surface area contributed by atoms with E-state index in [0.717, 1.165) is 48.4 Å². The number of rotatable bonds is 7. The van der Waals surface area contributed by atoms with Gasteiger partial charge in [0, 0.05) is 30.1 Å². The molecule has 1 aliphatic heterocycles. The third-order valence-electron chi connectivity index (χ3n) is 5.57. The fourth-order valence-electron chi connectivity index (χ4n) is 3.82. The highest BCUT2D eigenvalue weighted by Crippen LogP contribution is 2.26. The lowest BCUT2D eigenvalue weighted by Crippen LogP contribution is -2.44. The minimum Gasteiger partial charge on any atom is -0.353 e. The zero-order valence-electron chi connectivity index (χ0n) is 17.1. The third kappa shape index (κ3) is 4.57. The van der Waals surface area contributed by atoms with Crippen molar-refractivity contribution in [3.63, 3.8) is 0 Å². The highest BCUT2D eigenvalue weighted by Gasteiger charge is 2.23. The van der Waals surface area contributed by atoms with E-state index in [2.05, 4.69) is 15.2 Å². The van der Waals surface area contributed by atoms with Gasteiger partial charge in [0.15, 0.2) is 0 Å². The highest BCUT2D eigenvalue weighted by atomic mass is 19.1. The Labute approximate surface area is 175 Å². The van der Waals surface area contributed by atoms with Crippen LogP contribution in [0.5, 0.6) is 0 Å². The Morgan fingerprint density at radius 1 is 1.17 bits per heavy atom. The van der Waals surface area contributed by atoms with Crippen molar-refractivity contribution in [2.45, 2.75) is 32.4 Å². The molecule has 3 heterocycles. The van der Waals surface area contributed by atoms with E-state index in [-0.39, 0.29) is 17.8 Å². The van der Waals surface area contributed by atoms with E-state index in [0.29, 0.717) is 13.1 Å². The van der Waals surface area contributed by atoms with Gasteiger partial charge in [-0.15, -0.1) is 0 Å². The van der Waals surface area contributed by atoms with Crippen molar-refractivity contribution in [2.24, 2.45) is 0 Å². The van der Waals surface area contributed by atoms with E-state index in [4.69, 9.17) is 5.10 Å². The highest BCUT2D eigenvalue weighted by molar-refractivity contribution is 5.81. The lowest BCUT2D eigenvalue weighted by molar-refractivity contribution is -0.125. The summed E-state index contributed by atoms with van der Waals surface area (Å²) in [6, 6.07) is 12.0. The lowest BCUT2D eigenvalue weighted by Gasteiger charge is -2.22. The molecule has 1 saturated heterocycles. The standard InChI is InChI=1S/C23H26FN5O/c1-17(28-12-2-3-13-28)23(30)26-11-14-29-22(19-5-4-10-25-16-19)15-21(27-29)18-6-8-20(24)9-7-18/h4-10,15-17H,2-3,11-14H2,1H3,(H,26,30)/t17-/m1/s1. The Kier molecular flexibility index (Phi) is 6.18. The summed E-state index contributed by atoms with van der Waals surface area (Å²) < 4.78 is 15.2. The summed E-state index contributed by atoms with van der Waals surface area (Å²) in [5, 5.41) is 7.75. The second-order valence-electron chi connectivity index (χ2n) is 7.60. The number of carbonyl (C=O) groups is 1. The van der Waals surface area contributed by atoms with Crippen molar-refractivity contribution in [1.82, 2.24) is 25.0 Å². The Hall–Kier alpha value is -3.06. The quantitative estimate of drug-likeness (QED) is 0.652. The molecule has 1 aliphatic rings. The zero-order valence-corrected chi connectivity index (χ0v) is 17.1. The molecule has 1 N–H and O–H groups in total. The largest absolute Gasteiger partial charge is 0.353 e. The number of benzene rings is 1. The number of halogens is 1. The Bertz CT molecular complexity index is 981. The monoisotopic (exact) mass is 407 g/mol. The van der Waals surface area contributed by atoms with Crippen LogP contribution in [0.15, 0.2) is 54.9 Å². The summed E-state index contributed by atoms with van der Waals surface area (Å²) in [4.78, 5) is 18.9. The second kappa shape index (κ2) is 9.17. The summed E-state index contributed by atoms with van der Waals surface area (Å²) in [5.41, 5.74) is 3.44. The smallest absolute Gasteiger partial charge is 0.237 e. The molecule has 0 unspecified atom stereocenters. The number of nitrogens with zero attached hydrogens (tertiary/aromatic N) is 4. The molecule has 0 aliphatic carbocycles. The fraction of sp³-hybridized carbons (Fsp3) is 0.348. The molecule has 3 aromatic rings. The van der Waals surface area contributed by atoms with Crippen molar-refractivity contribution >= 4 is 5.91 Å². The predicted molar refractivity (Wildman–Crippen MR) is 114 cm³/mol. The first kappa shape index (κ1) is 20.2. The summed E-state index contributed by atoms with van der Waals surface area (Å²) >= 11 is 0. The molecule has 0 spiro atoms. The topological polar surface area (TPSA) is 63.1 Å². The van der Waals surface area contributed by atoms with Gasteiger partial charge in [0.25, 0.3) is 0 Å². The minimum absolute atomic E-state index is 0.0470. The Balaban J connectivity index is 1.49. The molecule has 4 rings (SSSR count). The van der Waals surface area contributed by atoms with E-state index >= 15 is 0 Å². The number of amides is 1. The van der Waals surface area contributed by atoms with Gasteiger partial charge >= 0.3 is 0 Å². The van der Waals surface area contributed by atoms with Crippen LogP contribution >= 0.6 is 0 Å². The molecule has 2 aromatic heterocycles. The van der Waals surface area contributed by atoms with Crippen LogP contribution in [0.2, 0.25) is 0 Å². The van der Waals surface area contributed by atoms with Crippen LogP contribution < -0.4 is 5.32 Å². The van der Waals surface area contributed by atoms with Crippen molar-refractivity contribution in [1.29, 1.82) is 0 Å². The van der Waals surface area contributed by atoms with Crippen molar-refractivity contribution < 1.29 is 9.18 Å². The van der Waals surface area contributed by atoms with Crippen molar-refractivity contribution in [2.75, 3.05) is 19.6 Å². The van der Waals surface area contributed by atoms with Crippen LogP contribution in [-0.4, -0.2) is 51.2 Å². The van der Waals surface area contributed by atoms with Crippen LogP contribution in [0.4, 0.5) is 4.39 Å². The molecular weight excluding hydrogens is 381 g/mol. The molecular formula is C23H26FN5O. The van der Waals surface area contributed by atoms with Gasteiger partial charge in [-0.3, -0.25) is 19.4 Å². The molecule has 0 saturated carbocycles. The number of hydrogen-bond donors (Lipinski definition) is 1. The number of carbonyl (C=O) groups excluding carboxylic acids is 1. The molecule has 1 amide bonds. The number of hydrogen-bond acceptors (Lipinski definition) is 4. The van der Waals surface area contributed by atoms with Gasteiger partial charge in [-0.25, -0.2) is 4.39 Å². The average molecular weight is 407 g/mol. The second-order valence-corrected chi connectivity index (χ2v) is 7.60. The molecule has 7 heteroatoms. The number of likely N-dealkylation sites (tertiary alicyclic amines) is 1. The predicted octanol–water partition coefficient (Wildman–Crippen LogP) is 3.35. The Morgan fingerprint density at radius 2 is 1.93 bits per heavy atom. The normalized spacial score (nSPS) is 15.3. The van der Waals surface area contributed by atoms with Gasteiger partial charge in [-0.05, 0) is 75.3 Å². The zero-order chi connectivity index (χ0) is 20.9. The maximum atomic E-state index is 13.3. The van der Waals surface area contributed by atoms with Gasteiger partial charge in [0.05, 0.1) is 24.0 Å². The van der Waals surface area contributed by atoms with Crippen molar-refractivity contribution in [3.8, 4) is 22.5 Å². The first-order valence-electron chi connectivity index (χ1n) is 10.4. The van der Waals surface area contributed by atoms with Crippen molar-refractivity contribution in [3.05, 3.63) is 60.7 Å². The number of pyridine rings is 1. The molecule has 1 fully saturated rings. The SMILES string of the molecule is C[C@H](C(=O)NCCn1nc(-c2ccc(F)cc2)cc1-c1cccnc1)N1CCCC1. The maximum absolute atomic E-state index is 13.3. The van der Waals surface area contributed by atoms with Gasteiger partial charge in [0.1, 0.15) is 5.82 Å². The molecule has 1 aromatic carbocycles. The average Bonchev–Trinajstić information content (AvgIpc) is 3.45. The molecule has 0 radical (unpaired) electrons. The van der Waals surface area contributed by atoms with Gasteiger partial charge < -0.3 is 5.32 Å². The van der Waals surface area contributed by atoms with E-state index < -0.39 is 0 Å². The summed E-state index contributed by atoms with van der Waals surface area (Å²) in [6.45, 7) is 4.95. The van der Waals surface area contributed by atoms with Gasteiger partial charge in [-0.1, -0.05) is 0 Å². The third-order valence-corrected chi connectivity index (χ3v) is 5.57. The molecule has 0 bridgehead atoms. The number of aromatic nitrogens is 3. The lowest BCUT2D eigenvalue weighted by atomic mass is 10.1. The first-order chi connectivity index (χ1) is 14.6. The molecule has 156 valence electrons. The van der Waals surface area contributed by atoms with Crippen LogP contribution in [0.3, 0.4) is 0 Å². The first-order valence-corrected chi connectivity index (χ1v) is 10.4. The minimum atomic E-state index is -0.277. The summed E-state index contributed by atoms with van der Waals surface area (Å²) in [7, 11) is 0. The summed E-state index contributed by atoms with van der Waals surface area (Å²) in [6.07, 6.45) is 5.83. The van der Waals surface area contributed by atoms with Crippen LogP contribution in [-0.2, 0) is 11.3 Å².